The van der Waals surface area contributed by atoms with Gasteiger partial charge in [-0.2, -0.15) is 0 Å². The van der Waals surface area contributed by atoms with Crippen LogP contribution in [0.25, 0.3) is 0 Å². The Morgan fingerprint density at radius 3 is 1.75 bits per heavy atom. The molecule has 210 valence electrons. The number of ether oxygens (including phenoxy) is 3. The summed E-state index contributed by atoms with van der Waals surface area (Å²) in [4.78, 5) is 0. The molecule has 0 aromatic heterocycles. The van der Waals surface area contributed by atoms with Gasteiger partial charge < -0.3 is 23.1 Å². The van der Waals surface area contributed by atoms with Crippen molar-refractivity contribution in [2.45, 2.75) is 117 Å². The lowest BCUT2D eigenvalue weighted by Crippen LogP contribution is -2.52. The molecular formula is C29H56O5Si2. The highest BCUT2D eigenvalue weighted by atomic mass is 28.4. The fourth-order valence-corrected chi connectivity index (χ4v) is 11.5. The zero-order valence-corrected chi connectivity index (χ0v) is 27.6. The molecule has 0 fully saturated rings. The van der Waals surface area contributed by atoms with Gasteiger partial charge in [0, 0.05) is 18.6 Å². The first-order valence-corrected chi connectivity index (χ1v) is 18.7. The van der Waals surface area contributed by atoms with Crippen molar-refractivity contribution in [1.82, 2.24) is 0 Å². The second kappa shape index (κ2) is 14.4. The van der Waals surface area contributed by atoms with Gasteiger partial charge >= 0.3 is 0 Å². The maximum Gasteiger partial charge on any atom is 0.200 e. The first-order chi connectivity index (χ1) is 16.6. The van der Waals surface area contributed by atoms with Gasteiger partial charge in [0.2, 0.25) is 8.32 Å². The molecule has 0 radical (unpaired) electrons. The molecule has 1 aromatic carbocycles. The van der Waals surface area contributed by atoms with Gasteiger partial charge in [-0.1, -0.05) is 74.4 Å². The summed E-state index contributed by atoms with van der Waals surface area (Å²) in [5.74, 6) is 0.990. The monoisotopic (exact) mass is 540 g/mol. The van der Waals surface area contributed by atoms with Crippen LogP contribution < -0.4 is 4.74 Å². The molecular weight excluding hydrogens is 484 g/mol. The Bertz CT molecular complexity index is 719. The van der Waals surface area contributed by atoms with Crippen molar-refractivity contribution in [2.75, 3.05) is 27.1 Å². The van der Waals surface area contributed by atoms with Crippen LogP contribution >= 0.6 is 0 Å². The normalized spacial score (nSPS) is 15.1. The lowest BCUT2D eigenvalue weighted by Gasteiger charge is -2.46. The highest BCUT2D eigenvalue weighted by Crippen LogP contribution is 2.44. The van der Waals surface area contributed by atoms with Crippen LogP contribution in [0.4, 0.5) is 0 Å². The van der Waals surface area contributed by atoms with Crippen molar-refractivity contribution in [3.63, 3.8) is 0 Å². The molecule has 0 saturated carbocycles. The maximum absolute atomic E-state index is 7.13. The van der Waals surface area contributed by atoms with Crippen molar-refractivity contribution in [1.29, 1.82) is 0 Å². The van der Waals surface area contributed by atoms with E-state index < -0.39 is 16.6 Å². The highest BCUT2D eigenvalue weighted by molar-refractivity contribution is 6.77. The summed E-state index contributed by atoms with van der Waals surface area (Å²) < 4.78 is 30.9. The van der Waals surface area contributed by atoms with E-state index in [0.717, 1.165) is 11.3 Å². The number of hydrogen-bond acceptors (Lipinski definition) is 5. The van der Waals surface area contributed by atoms with Crippen LogP contribution in [0.3, 0.4) is 0 Å². The summed E-state index contributed by atoms with van der Waals surface area (Å²) in [7, 11) is -2.23. The SMILES string of the molecule is COc1ccc(COCOC[C@H](CO[Si](C)(C)C(C)(C)C)[C@@H](C)O[Si](C(C)C)(C(C)C)C(C)C)cc1. The maximum atomic E-state index is 7.13. The summed E-state index contributed by atoms with van der Waals surface area (Å²) in [5, 5.41) is 0.163. The third-order valence-electron chi connectivity index (χ3n) is 8.15. The summed E-state index contributed by atoms with van der Waals surface area (Å²) in [6.45, 7) is 29.7. The van der Waals surface area contributed by atoms with Crippen LogP contribution in [0.1, 0.15) is 74.8 Å². The molecule has 0 unspecified atom stereocenters. The predicted molar refractivity (Wildman–Crippen MR) is 157 cm³/mol. The first kappa shape index (κ1) is 33.3. The zero-order valence-electron chi connectivity index (χ0n) is 25.6. The number of benzene rings is 1. The van der Waals surface area contributed by atoms with Gasteiger partial charge in [0.15, 0.2) is 8.32 Å². The molecule has 0 bridgehead atoms. The summed E-state index contributed by atoms with van der Waals surface area (Å²) in [6, 6.07) is 7.92. The Balaban J connectivity index is 2.88. The van der Waals surface area contributed by atoms with Crippen molar-refractivity contribution < 1.29 is 23.1 Å². The third-order valence-corrected chi connectivity index (χ3v) is 18.8. The molecule has 7 heteroatoms. The standard InChI is InChI=1S/C29H56O5Si2/c1-22(2)36(23(3)4,24(5)6)34-25(7)27(20-33-35(12,13)29(8,9)10)19-32-21-31-18-26-14-16-28(30-11)17-15-26/h14-17,22-25,27H,18-21H2,1-13H3/t25-,27-/m1/s1. The average molecular weight is 541 g/mol. The second-order valence-electron chi connectivity index (χ2n) is 12.7. The van der Waals surface area contributed by atoms with E-state index in [0.29, 0.717) is 36.4 Å². The van der Waals surface area contributed by atoms with Crippen LogP contribution in [0.5, 0.6) is 5.75 Å². The molecule has 0 aliphatic heterocycles. The minimum atomic E-state index is -2.01. The Kier molecular flexibility index (Phi) is 13.4. The van der Waals surface area contributed by atoms with Crippen LogP contribution in [0.2, 0.25) is 34.8 Å². The van der Waals surface area contributed by atoms with Gasteiger partial charge in [0.1, 0.15) is 12.5 Å². The van der Waals surface area contributed by atoms with Gasteiger partial charge in [-0.25, -0.2) is 0 Å². The van der Waals surface area contributed by atoms with Gasteiger partial charge in [0.25, 0.3) is 0 Å². The van der Waals surface area contributed by atoms with E-state index in [-0.39, 0.29) is 23.9 Å². The van der Waals surface area contributed by atoms with Crippen molar-refractivity contribution in [3.8, 4) is 5.75 Å². The van der Waals surface area contributed by atoms with E-state index in [1.807, 2.05) is 24.3 Å². The Morgan fingerprint density at radius 1 is 0.778 bits per heavy atom. The van der Waals surface area contributed by atoms with Gasteiger partial charge in [0.05, 0.1) is 20.3 Å². The molecule has 0 spiro atoms. The van der Waals surface area contributed by atoms with E-state index in [1.165, 1.54) is 0 Å². The smallest absolute Gasteiger partial charge is 0.200 e. The first-order valence-electron chi connectivity index (χ1n) is 13.7. The molecule has 0 aliphatic rings. The molecule has 0 N–H and O–H groups in total. The molecule has 1 aromatic rings. The fraction of sp³-hybridized carbons (Fsp3) is 0.793. The highest BCUT2D eigenvalue weighted by Gasteiger charge is 2.47. The lowest BCUT2D eigenvalue weighted by atomic mass is 10.1. The molecule has 0 amide bonds. The number of rotatable bonds is 16. The second-order valence-corrected chi connectivity index (χ2v) is 22.9. The van der Waals surface area contributed by atoms with Crippen molar-refractivity contribution in [2.24, 2.45) is 5.92 Å². The number of hydrogen-bond donors (Lipinski definition) is 0. The van der Waals surface area contributed by atoms with Crippen LogP contribution in [0, 0.1) is 5.92 Å². The van der Waals surface area contributed by atoms with E-state index in [4.69, 9.17) is 23.1 Å². The van der Waals surface area contributed by atoms with Gasteiger partial charge in [-0.05, 0) is 59.4 Å². The molecule has 0 aliphatic carbocycles. The van der Waals surface area contributed by atoms with Crippen molar-refractivity contribution in [3.05, 3.63) is 29.8 Å². The molecule has 36 heavy (non-hydrogen) atoms. The molecule has 1 rings (SSSR count). The van der Waals surface area contributed by atoms with Crippen LogP contribution in [-0.2, 0) is 24.9 Å². The van der Waals surface area contributed by atoms with E-state index in [2.05, 4.69) is 82.3 Å². The molecule has 0 heterocycles. The largest absolute Gasteiger partial charge is 0.497 e. The predicted octanol–water partition coefficient (Wildman–Crippen LogP) is 8.40. The van der Waals surface area contributed by atoms with E-state index in [1.54, 1.807) is 7.11 Å². The summed E-state index contributed by atoms with van der Waals surface area (Å²) in [6.07, 6.45) is 0.0511. The van der Waals surface area contributed by atoms with Gasteiger partial charge in [-0.3, -0.25) is 0 Å². The minimum absolute atomic E-state index is 0.0511. The molecule has 0 saturated heterocycles. The Hall–Kier alpha value is -0.706. The topological polar surface area (TPSA) is 46.2 Å². The van der Waals surface area contributed by atoms with Crippen LogP contribution in [0.15, 0.2) is 24.3 Å². The van der Waals surface area contributed by atoms with Gasteiger partial charge in [-0.15, -0.1) is 0 Å². The minimum Gasteiger partial charge on any atom is -0.497 e. The summed E-state index contributed by atoms with van der Waals surface area (Å²) in [5.41, 5.74) is 2.71. The third kappa shape index (κ3) is 9.24. The van der Waals surface area contributed by atoms with Crippen molar-refractivity contribution >= 4 is 16.6 Å². The Labute approximate surface area is 224 Å². The van der Waals surface area contributed by atoms with E-state index in [9.17, 15) is 0 Å². The fourth-order valence-electron chi connectivity index (χ4n) is 4.82. The average Bonchev–Trinajstić information content (AvgIpc) is 2.77. The number of methoxy groups -OCH3 is 1. The molecule has 2 atom stereocenters. The van der Waals surface area contributed by atoms with E-state index >= 15 is 0 Å². The van der Waals surface area contributed by atoms with Crippen LogP contribution in [-0.4, -0.2) is 49.9 Å². The quantitative estimate of drug-likeness (QED) is 0.120. The zero-order chi connectivity index (χ0) is 27.7. The Morgan fingerprint density at radius 2 is 1.31 bits per heavy atom. The summed E-state index contributed by atoms with van der Waals surface area (Å²) >= 11 is 0. The molecule has 5 nitrogen and oxygen atoms in total. The lowest BCUT2D eigenvalue weighted by molar-refractivity contribution is -0.0865.